The summed E-state index contributed by atoms with van der Waals surface area (Å²) in [5.41, 5.74) is 6.95. The van der Waals surface area contributed by atoms with Crippen LogP contribution in [0.25, 0.3) is 0 Å². The summed E-state index contributed by atoms with van der Waals surface area (Å²) in [5, 5.41) is 0.960. The molecule has 8 heteroatoms. The quantitative estimate of drug-likeness (QED) is 0.826. The first-order valence-electron chi connectivity index (χ1n) is 8.33. The minimum absolute atomic E-state index is 0.0891. The molecule has 27 heavy (non-hydrogen) atoms. The molecule has 2 aromatic rings. The van der Waals surface area contributed by atoms with Crippen molar-refractivity contribution >= 4 is 40.7 Å². The highest BCUT2D eigenvalue weighted by Crippen LogP contribution is 2.33. The molecule has 0 saturated carbocycles. The molecule has 1 aliphatic heterocycles. The zero-order chi connectivity index (χ0) is 19.6. The lowest BCUT2D eigenvalue weighted by Crippen LogP contribution is -2.51. The maximum Gasteiger partial charge on any atom is 0.260 e. The number of rotatable bonds is 5. The number of benzene rings is 2. The second kappa shape index (κ2) is 8.17. The van der Waals surface area contributed by atoms with E-state index in [-0.39, 0.29) is 19.0 Å². The third kappa shape index (κ3) is 4.53. The highest BCUT2D eigenvalue weighted by Gasteiger charge is 2.32. The molecular weight excluding hydrogens is 389 g/mol. The highest BCUT2D eigenvalue weighted by atomic mass is 35.5. The Kier molecular flexibility index (Phi) is 5.89. The first-order chi connectivity index (χ1) is 12.8. The van der Waals surface area contributed by atoms with Gasteiger partial charge in [-0.05, 0) is 36.9 Å². The van der Waals surface area contributed by atoms with Crippen molar-refractivity contribution in [2.75, 3.05) is 25.0 Å². The third-order valence-electron chi connectivity index (χ3n) is 4.23. The molecule has 1 atom stereocenters. The van der Waals surface area contributed by atoms with Crippen LogP contribution in [0.4, 0.5) is 5.69 Å². The minimum atomic E-state index is -0.871. The molecule has 0 fully saturated rings. The van der Waals surface area contributed by atoms with Crippen LogP contribution in [0.5, 0.6) is 5.75 Å². The van der Waals surface area contributed by atoms with Gasteiger partial charge >= 0.3 is 0 Å². The van der Waals surface area contributed by atoms with E-state index in [0.717, 1.165) is 5.56 Å². The lowest BCUT2D eigenvalue weighted by atomic mass is 10.1. The van der Waals surface area contributed by atoms with Crippen molar-refractivity contribution < 1.29 is 14.3 Å². The van der Waals surface area contributed by atoms with E-state index in [0.29, 0.717) is 28.0 Å². The molecule has 3 rings (SSSR count). The van der Waals surface area contributed by atoms with Crippen LogP contribution in [-0.2, 0) is 16.1 Å². The number of nitrogens with zero attached hydrogens (tertiary/aromatic N) is 2. The van der Waals surface area contributed by atoms with Gasteiger partial charge in [-0.3, -0.25) is 14.5 Å². The molecule has 0 spiro atoms. The molecule has 1 aliphatic rings. The van der Waals surface area contributed by atoms with E-state index in [1.54, 1.807) is 35.2 Å². The van der Waals surface area contributed by atoms with Crippen LogP contribution in [0.1, 0.15) is 5.56 Å². The second-order valence-electron chi connectivity index (χ2n) is 6.40. The van der Waals surface area contributed by atoms with Gasteiger partial charge in [0.15, 0.2) is 6.10 Å². The number of halogens is 2. The Labute approximate surface area is 167 Å². The van der Waals surface area contributed by atoms with Gasteiger partial charge in [-0.2, -0.15) is 0 Å². The van der Waals surface area contributed by atoms with Gasteiger partial charge in [0.1, 0.15) is 5.75 Å². The van der Waals surface area contributed by atoms with Gasteiger partial charge < -0.3 is 15.4 Å². The van der Waals surface area contributed by atoms with Crippen molar-refractivity contribution in [1.82, 2.24) is 4.90 Å². The lowest BCUT2D eigenvalue weighted by Gasteiger charge is -2.34. The molecular formula is C19H19Cl2N3O3. The number of anilines is 1. The van der Waals surface area contributed by atoms with Crippen LogP contribution in [0.15, 0.2) is 42.5 Å². The molecule has 0 bridgehead atoms. The predicted molar refractivity (Wildman–Crippen MR) is 105 cm³/mol. The van der Waals surface area contributed by atoms with Crippen LogP contribution in [0.2, 0.25) is 10.0 Å². The minimum Gasteiger partial charge on any atom is -0.477 e. The summed E-state index contributed by atoms with van der Waals surface area (Å²) >= 11 is 12.0. The van der Waals surface area contributed by atoms with Gasteiger partial charge in [0.05, 0.1) is 28.8 Å². The lowest BCUT2D eigenvalue weighted by molar-refractivity contribution is -0.125. The molecule has 0 saturated heterocycles. The Hall–Kier alpha value is -2.28. The largest absolute Gasteiger partial charge is 0.477 e. The number of hydrogen-bond acceptors (Lipinski definition) is 4. The SMILES string of the molecule is CN(CC(=O)N1C[C@@H](C(N)=O)Oc2ccccc21)Cc1ccc(Cl)c(Cl)c1. The number of para-hydroxylation sites is 2. The van der Waals surface area contributed by atoms with Crippen molar-refractivity contribution in [2.45, 2.75) is 12.6 Å². The fraction of sp³-hybridized carbons (Fsp3) is 0.263. The number of fused-ring (bicyclic) bond motifs is 1. The van der Waals surface area contributed by atoms with Crippen molar-refractivity contribution in [3.05, 3.63) is 58.1 Å². The summed E-state index contributed by atoms with van der Waals surface area (Å²) in [6.07, 6.45) is -0.871. The number of ether oxygens (including phenoxy) is 1. The number of carbonyl (C=O) groups is 2. The average Bonchev–Trinajstić information content (AvgIpc) is 2.63. The first-order valence-corrected chi connectivity index (χ1v) is 9.08. The van der Waals surface area contributed by atoms with Gasteiger partial charge in [0.25, 0.3) is 5.91 Å². The Bertz CT molecular complexity index is 875. The van der Waals surface area contributed by atoms with E-state index in [4.69, 9.17) is 33.7 Å². The number of hydrogen-bond donors (Lipinski definition) is 1. The number of amides is 2. The smallest absolute Gasteiger partial charge is 0.260 e. The zero-order valence-corrected chi connectivity index (χ0v) is 16.2. The second-order valence-corrected chi connectivity index (χ2v) is 7.22. The molecule has 2 N–H and O–H groups in total. The van der Waals surface area contributed by atoms with E-state index in [1.165, 1.54) is 0 Å². The maximum atomic E-state index is 12.9. The normalized spacial score (nSPS) is 16.0. The molecule has 0 aliphatic carbocycles. The van der Waals surface area contributed by atoms with Crippen LogP contribution >= 0.6 is 23.2 Å². The van der Waals surface area contributed by atoms with E-state index < -0.39 is 12.0 Å². The standard InChI is InChI=1S/C19H19Cl2N3O3/c1-23(9-12-6-7-13(20)14(21)8-12)11-18(25)24-10-17(19(22)26)27-16-5-3-2-4-15(16)24/h2-8,17H,9-11H2,1H3,(H2,22,26)/t17-/m0/s1. The van der Waals surface area contributed by atoms with Gasteiger partial charge in [-0.25, -0.2) is 0 Å². The van der Waals surface area contributed by atoms with Gasteiger partial charge in [0.2, 0.25) is 5.91 Å². The van der Waals surface area contributed by atoms with Crippen molar-refractivity contribution in [3.63, 3.8) is 0 Å². The van der Waals surface area contributed by atoms with Crippen molar-refractivity contribution in [2.24, 2.45) is 5.73 Å². The van der Waals surface area contributed by atoms with Gasteiger partial charge in [-0.1, -0.05) is 41.4 Å². The molecule has 6 nitrogen and oxygen atoms in total. The Morgan fingerprint density at radius 3 is 2.67 bits per heavy atom. The van der Waals surface area contributed by atoms with Crippen LogP contribution < -0.4 is 15.4 Å². The molecule has 2 aromatic carbocycles. The topological polar surface area (TPSA) is 75.9 Å². The predicted octanol–water partition coefficient (Wildman–Crippen LogP) is 2.70. The van der Waals surface area contributed by atoms with Crippen LogP contribution in [-0.4, -0.2) is 43.0 Å². The fourth-order valence-electron chi connectivity index (χ4n) is 2.94. The summed E-state index contributed by atoms with van der Waals surface area (Å²) in [6, 6.07) is 12.5. The van der Waals surface area contributed by atoms with Crippen LogP contribution in [0, 0.1) is 0 Å². The van der Waals surface area contributed by atoms with Gasteiger partial charge in [0, 0.05) is 6.54 Å². The summed E-state index contributed by atoms with van der Waals surface area (Å²) in [6.45, 7) is 0.764. The summed E-state index contributed by atoms with van der Waals surface area (Å²) in [4.78, 5) is 27.9. The molecule has 2 amide bonds. The van der Waals surface area contributed by atoms with E-state index in [2.05, 4.69) is 0 Å². The Morgan fingerprint density at radius 1 is 1.22 bits per heavy atom. The molecule has 0 aromatic heterocycles. The Balaban J connectivity index is 1.72. The first kappa shape index (κ1) is 19.5. The number of carbonyl (C=O) groups excluding carboxylic acids is 2. The number of likely N-dealkylation sites (N-methyl/N-ethyl adjacent to an activating group) is 1. The number of primary amides is 1. The van der Waals surface area contributed by atoms with Crippen LogP contribution in [0.3, 0.4) is 0 Å². The van der Waals surface area contributed by atoms with E-state index >= 15 is 0 Å². The molecule has 0 unspecified atom stereocenters. The summed E-state index contributed by atoms with van der Waals surface area (Å²) in [5.74, 6) is -0.293. The molecule has 1 heterocycles. The zero-order valence-electron chi connectivity index (χ0n) is 14.7. The number of nitrogens with two attached hydrogens (primary N) is 1. The fourth-order valence-corrected chi connectivity index (χ4v) is 3.26. The molecule has 0 radical (unpaired) electrons. The summed E-state index contributed by atoms with van der Waals surface area (Å²) in [7, 11) is 1.83. The third-order valence-corrected chi connectivity index (χ3v) is 4.97. The van der Waals surface area contributed by atoms with E-state index in [9.17, 15) is 9.59 Å². The van der Waals surface area contributed by atoms with Gasteiger partial charge in [-0.15, -0.1) is 0 Å². The van der Waals surface area contributed by atoms with E-state index in [1.807, 2.05) is 24.1 Å². The van der Waals surface area contributed by atoms with Crippen molar-refractivity contribution in [1.29, 1.82) is 0 Å². The average molecular weight is 408 g/mol. The molecule has 142 valence electrons. The Morgan fingerprint density at radius 2 is 1.96 bits per heavy atom. The van der Waals surface area contributed by atoms with Crippen molar-refractivity contribution in [3.8, 4) is 5.75 Å². The highest BCUT2D eigenvalue weighted by molar-refractivity contribution is 6.42. The monoisotopic (exact) mass is 407 g/mol. The summed E-state index contributed by atoms with van der Waals surface area (Å²) < 4.78 is 5.59. The maximum absolute atomic E-state index is 12.9.